The van der Waals surface area contributed by atoms with E-state index >= 15 is 0 Å². The molecule has 0 bridgehead atoms. The van der Waals surface area contributed by atoms with E-state index in [0.29, 0.717) is 43.5 Å². The van der Waals surface area contributed by atoms with E-state index in [0.717, 1.165) is 23.7 Å². The number of pyridine rings is 1. The Hall–Kier alpha value is -2.94. The van der Waals surface area contributed by atoms with E-state index in [2.05, 4.69) is 15.2 Å². The number of amides is 1. The van der Waals surface area contributed by atoms with Gasteiger partial charge in [-0.15, -0.1) is 11.3 Å². The van der Waals surface area contributed by atoms with Crippen LogP contribution in [0.25, 0.3) is 5.00 Å². The number of carbonyl (C=O) groups is 1. The Morgan fingerprint density at radius 3 is 2.86 bits per heavy atom. The Balaban J connectivity index is 1.41. The molecule has 1 fully saturated rings. The summed E-state index contributed by atoms with van der Waals surface area (Å²) in [5, 5.41) is 9.60. The van der Waals surface area contributed by atoms with Crippen LogP contribution in [0.2, 0.25) is 0 Å². The SMILES string of the molecule is CCOc1ncccc1C(=O)N1CCC(Cc2n[nH]c(=O)n2-c2cccs2)CC1. The number of hydrogen-bond acceptors (Lipinski definition) is 6. The molecule has 4 heterocycles. The molecule has 3 aromatic heterocycles. The lowest BCUT2D eigenvalue weighted by Gasteiger charge is -2.32. The van der Waals surface area contributed by atoms with Crippen LogP contribution in [0, 0.1) is 5.92 Å². The van der Waals surface area contributed by atoms with E-state index < -0.39 is 0 Å². The molecule has 0 aliphatic carbocycles. The van der Waals surface area contributed by atoms with Gasteiger partial charge in [-0.1, -0.05) is 0 Å². The minimum Gasteiger partial charge on any atom is -0.477 e. The van der Waals surface area contributed by atoms with E-state index in [1.165, 1.54) is 11.3 Å². The number of nitrogens with one attached hydrogen (secondary N) is 1. The summed E-state index contributed by atoms with van der Waals surface area (Å²) < 4.78 is 7.14. The zero-order chi connectivity index (χ0) is 20.2. The predicted molar refractivity (Wildman–Crippen MR) is 110 cm³/mol. The van der Waals surface area contributed by atoms with E-state index in [1.54, 1.807) is 22.9 Å². The molecular formula is C20H23N5O3S. The number of thiophene rings is 1. The average molecular weight is 414 g/mol. The Bertz CT molecular complexity index is 1020. The monoisotopic (exact) mass is 413 g/mol. The van der Waals surface area contributed by atoms with Crippen molar-refractivity contribution in [1.82, 2.24) is 24.6 Å². The number of rotatable bonds is 6. The minimum atomic E-state index is -0.213. The third-order valence-corrected chi connectivity index (χ3v) is 5.98. The highest BCUT2D eigenvalue weighted by atomic mass is 32.1. The summed E-state index contributed by atoms with van der Waals surface area (Å²) >= 11 is 1.51. The molecule has 0 spiro atoms. The quantitative estimate of drug-likeness (QED) is 0.670. The number of hydrogen-bond donors (Lipinski definition) is 1. The molecule has 0 atom stereocenters. The number of likely N-dealkylation sites (tertiary alicyclic amines) is 1. The average Bonchev–Trinajstić information content (AvgIpc) is 3.38. The number of aromatic nitrogens is 4. The maximum Gasteiger partial charge on any atom is 0.348 e. The lowest BCUT2D eigenvalue weighted by atomic mass is 9.93. The van der Waals surface area contributed by atoms with Crippen molar-refractivity contribution in [2.24, 2.45) is 5.92 Å². The van der Waals surface area contributed by atoms with Crippen molar-refractivity contribution in [3.8, 4) is 10.9 Å². The molecule has 0 saturated carbocycles. The van der Waals surface area contributed by atoms with Gasteiger partial charge in [-0.3, -0.25) is 4.79 Å². The molecule has 29 heavy (non-hydrogen) atoms. The zero-order valence-corrected chi connectivity index (χ0v) is 17.0. The van der Waals surface area contributed by atoms with Gasteiger partial charge < -0.3 is 9.64 Å². The van der Waals surface area contributed by atoms with Crippen LogP contribution in [-0.4, -0.2) is 50.3 Å². The van der Waals surface area contributed by atoms with Crippen molar-refractivity contribution < 1.29 is 9.53 Å². The van der Waals surface area contributed by atoms with E-state index in [1.807, 2.05) is 29.3 Å². The molecule has 1 aliphatic rings. The maximum absolute atomic E-state index is 12.9. The highest BCUT2D eigenvalue weighted by molar-refractivity contribution is 7.12. The second-order valence-corrected chi connectivity index (χ2v) is 7.89. The van der Waals surface area contributed by atoms with Crippen LogP contribution < -0.4 is 10.4 Å². The number of piperidine rings is 1. The molecule has 8 nitrogen and oxygen atoms in total. The standard InChI is InChI=1S/C20H23N5O3S/c1-2-28-18-15(5-3-9-21-18)19(26)24-10-7-14(8-11-24)13-16-22-23-20(27)25(16)17-6-4-12-29-17/h3-6,9,12,14H,2,7-8,10-11,13H2,1H3,(H,23,27). The summed E-state index contributed by atoms with van der Waals surface area (Å²) in [5.74, 6) is 1.45. The van der Waals surface area contributed by atoms with Gasteiger partial charge >= 0.3 is 5.69 Å². The van der Waals surface area contributed by atoms with Gasteiger partial charge in [0.15, 0.2) is 0 Å². The maximum atomic E-state index is 12.9. The fourth-order valence-corrected chi connectivity index (χ4v) is 4.41. The molecule has 1 N–H and O–H groups in total. The van der Waals surface area contributed by atoms with Crippen molar-refractivity contribution in [2.45, 2.75) is 26.2 Å². The third-order valence-electron chi connectivity index (χ3n) is 5.12. The Kier molecular flexibility index (Phi) is 5.75. The smallest absolute Gasteiger partial charge is 0.348 e. The first-order valence-corrected chi connectivity index (χ1v) is 10.6. The summed E-state index contributed by atoms with van der Waals surface area (Å²) in [4.78, 5) is 31.1. The summed E-state index contributed by atoms with van der Waals surface area (Å²) in [5.41, 5.74) is 0.293. The van der Waals surface area contributed by atoms with Crippen molar-refractivity contribution in [2.75, 3.05) is 19.7 Å². The van der Waals surface area contributed by atoms with Gasteiger partial charge in [0.05, 0.1) is 6.61 Å². The van der Waals surface area contributed by atoms with Crippen molar-refractivity contribution >= 4 is 17.2 Å². The second kappa shape index (κ2) is 8.60. The zero-order valence-electron chi connectivity index (χ0n) is 16.2. The largest absolute Gasteiger partial charge is 0.477 e. The van der Waals surface area contributed by atoms with Gasteiger partial charge in [0, 0.05) is 25.7 Å². The van der Waals surface area contributed by atoms with Crippen molar-refractivity contribution in [1.29, 1.82) is 0 Å². The van der Waals surface area contributed by atoms with Crippen LogP contribution in [0.5, 0.6) is 5.88 Å². The van der Waals surface area contributed by atoms with Gasteiger partial charge in [-0.2, -0.15) is 5.10 Å². The van der Waals surface area contributed by atoms with Gasteiger partial charge in [0.25, 0.3) is 5.91 Å². The number of carbonyl (C=O) groups excluding carboxylic acids is 1. The summed E-state index contributed by atoms with van der Waals surface area (Å²) in [6, 6.07) is 7.35. The van der Waals surface area contributed by atoms with Crippen LogP contribution in [0.15, 0.2) is 40.6 Å². The molecule has 1 amide bonds. The first-order chi connectivity index (χ1) is 14.2. The fraction of sp³-hybridized carbons (Fsp3) is 0.400. The van der Waals surface area contributed by atoms with Gasteiger partial charge in [-0.05, 0) is 55.3 Å². The highest BCUT2D eigenvalue weighted by Crippen LogP contribution is 2.25. The number of H-pyrrole nitrogens is 1. The molecule has 3 aromatic rings. The van der Waals surface area contributed by atoms with E-state index in [9.17, 15) is 9.59 Å². The highest BCUT2D eigenvalue weighted by Gasteiger charge is 2.27. The second-order valence-electron chi connectivity index (χ2n) is 6.96. The Morgan fingerprint density at radius 1 is 1.31 bits per heavy atom. The number of ether oxygens (including phenoxy) is 1. The van der Waals surface area contributed by atoms with Crippen molar-refractivity contribution in [3.05, 3.63) is 57.7 Å². The van der Waals surface area contributed by atoms with Gasteiger partial charge in [0.1, 0.15) is 16.4 Å². The van der Waals surface area contributed by atoms with Crippen LogP contribution in [0.1, 0.15) is 35.9 Å². The summed E-state index contributed by atoms with van der Waals surface area (Å²) in [6.07, 6.45) is 4.06. The first kappa shape index (κ1) is 19.4. The molecule has 0 unspecified atom stereocenters. The molecule has 9 heteroatoms. The molecular weight excluding hydrogens is 390 g/mol. The third kappa shape index (κ3) is 4.09. The van der Waals surface area contributed by atoms with Gasteiger partial charge in [-0.25, -0.2) is 19.4 Å². The van der Waals surface area contributed by atoms with Crippen LogP contribution in [0.3, 0.4) is 0 Å². The molecule has 0 radical (unpaired) electrons. The normalized spacial score (nSPS) is 14.9. The molecule has 1 saturated heterocycles. The van der Waals surface area contributed by atoms with Gasteiger partial charge in [0.2, 0.25) is 5.88 Å². The molecule has 0 aromatic carbocycles. The molecule has 1 aliphatic heterocycles. The predicted octanol–water partition coefficient (Wildman–Crippen LogP) is 2.51. The van der Waals surface area contributed by atoms with Crippen LogP contribution >= 0.6 is 11.3 Å². The van der Waals surface area contributed by atoms with Crippen LogP contribution in [-0.2, 0) is 6.42 Å². The Morgan fingerprint density at radius 2 is 2.14 bits per heavy atom. The number of aromatic amines is 1. The van der Waals surface area contributed by atoms with E-state index in [4.69, 9.17) is 4.74 Å². The van der Waals surface area contributed by atoms with E-state index in [-0.39, 0.29) is 11.6 Å². The first-order valence-electron chi connectivity index (χ1n) is 9.74. The summed E-state index contributed by atoms with van der Waals surface area (Å²) in [6.45, 7) is 3.67. The molecule has 152 valence electrons. The number of nitrogens with zero attached hydrogens (tertiary/aromatic N) is 4. The minimum absolute atomic E-state index is 0.0461. The Labute approximate surface area is 172 Å². The summed E-state index contributed by atoms with van der Waals surface area (Å²) in [7, 11) is 0. The topological polar surface area (TPSA) is 93.1 Å². The van der Waals surface area contributed by atoms with Crippen LogP contribution in [0.4, 0.5) is 0 Å². The molecule has 4 rings (SSSR count). The lowest BCUT2D eigenvalue weighted by Crippen LogP contribution is -2.39. The lowest BCUT2D eigenvalue weighted by molar-refractivity contribution is 0.0684. The fourth-order valence-electron chi connectivity index (χ4n) is 3.66. The van der Waals surface area contributed by atoms with Crippen molar-refractivity contribution in [3.63, 3.8) is 0 Å².